The Bertz CT molecular complexity index is 324. The lowest BCUT2D eigenvalue weighted by molar-refractivity contribution is -0.115. The molecule has 0 fully saturated rings. The molecule has 1 aromatic heterocycles. The number of nitrogens with zero attached hydrogens (tertiary/aromatic N) is 1. The average molecular weight is 212 g/mol. The molecule has 0 saturated carbocycles. The Morgan fingerprint density at radius 2 is 2.47 bits per heavy atom. The van der Waals surface area contributed by atoms with Crippen LogP contribution < -0.4 is 16.5 Å². The second kappa shape index (κ2) is 5.50. The first-order valence-corrected chi connectivity index (χ1v) is 4.69. The van der Waals surface area contributed by atoms with Gasteiger partial charge in [-0.3, -0.25) is 14.9 Å². The second-order valence-corrected chi connectivity index (χ2v) is 3.12. The monoisotopic (exact) mass is 212 g/mol. The highest BCUT2D eigenvalue weighted by atomic mass is 16.3. The molecule has 0 spiro atoms. The van der Waals surface area contributed by atoms with Crippen molar-refractivity contribution in [2.24, 2.45) is 5.73 Å². The van der Waals surface area contributed by atoms with Crippen LogP contribution >= 0.6 is 0 Å². The quantitative estimate of drug-likeness (QED) is 0.492. The summed E-state index contributed by atoms with van der Waals surface area (Å²) in [5.41, 5.74) is 8.33. The zero-order chi connectivity index (χ0) is 11.3. The van der Waals surface area contributed by atoms with E-state index < -0.39 is 6.10 Å². The number of amides is 1. The first-order valence-electron chi connectivity index (χ1n) is 4.69. The molecule has 1 amide bonds. The number of carbonyl (C=O) groups is 1. The van der Waals surface area contributed by atoms with Crippen LogP contribution in [0.5, 0.6) is 0 Å². The van der Waals surface area contributed by atoms with Crippen molar-refractivity contribution < 1.29 is 9.90 Å². The summed E-state index contributed by atoms with van der Waals surface area (Å²) in [5, 5.41) is 12.6. The molecule has 6 nitrogen and oxygen atoms in total. The first kappa shape index (κ1) is 11.7. The van der Waals surface area contributed by atoms with Gasteiger partial charge < -0.3 is 16.2 Å². The van der Waals surface area contributed by atoms with E-state index in [2.05, 4.69) is 10.7 Å². The van der Waals surface area contributed by atoms with E-state index in [1.165, 1.54) is 4.68 Å². The number of hydrogen-bond donors (Lipinski definition) is 4. The second-order valence-electron chi connectivity index (χ2n) is 3.12. The topological polar surface area (TPSA) is 92.3 Å². The molecule has 1 unspecified atom stereocenters. The third-order valence-corrected chi connectivity index (χ3v) is 1.95. The summed E-state index contributed by atoms with van der Waals surface area (Å²) < 4.78 is 1.47. The Labute approximate surface area is 88.0 Å². The van der Waals surface area contributed by atoms with E-state index in [1.54, 1.807) is 25.4 Å². The van der Waals surface area contributed by atoms with Crippen LogP contribution in [0.1, 0.15) is 11.8 Å². The molecule has 0 saturated heterocycles. The van der Waals surface area contributed by atoms with E-state index in [0.29, 0.717) is 12.2 Å². The summed E-state index contributed by atoms with van der Waals surface area (Å²) in [5.74, 6) is -0.302. The van der Waals surface area contributed by atoms with Crippen molar-refractivity contribution in [1.82, 2.24) is 9.99 Å². The van der Waals surface area contributed by atoms with Gasteiger partial charge in [0.2, 0.25) is 0 Å². The summed E-state index contributed by atoms with van der Waals surface area (Å²) in [4.78, 5) is 11.1. The number of nitrogens with one attached hydrogen (secondary N) is 2. The number of likely N-dealkylation sites (N-methyl/N-ethyl adjacent to an activating group) is 1. The van der Waals surface area contributed by atoms with Crippen LogP contribution in [0.3, 0.4) is 0 Å². The molecule has 6 heteroatoms. The van der Waals surface area contributed by atoms with Crippen LogP contribution in [-0.2, 0) is 4.79 Å². The number of rotatable bonds is 5. The van der Waals surface area contributed by atoms with Crippen LogP contribution in [0.2, 0.25) is 0 Å². The van der Waals surface area contributed by atoms with Gasteiger partial charge in [-0.25, -0.2) is 0 Å². The molecule has 1 atom stereocenters. The van der Waals surface area contributed by atoms with Gasteiger partial charge in [-0.05, 0) is 19.2 Å². The van der Waals surface area contributed by atoms with Crippen molar-refractivity contribution in [1.29, 1.82) is 0 Å². The van der Waals surface area contributed by atoms with E-state index in [4.69, 9.17) is 5.73 Å². The molecular weight excluding hydrogens is 196 g/mol. The van der Waals surface area contributed by atoms with Crippen molar-refractivity contribution >= 4 is 5.91 Å². The first-order chi connectivity index (χ1) is 7.19. The van der Waals surface area contributed by atoms with Gasteiger partial charge in [0.05, 0.1) is 12.2 Å². The molecule has 1 aromatic rings. The fourth-order valence-electron chi connectivity index (χ4n) is 1.25. The number of nitrogens with two attached hydrogens (primary N) is 1. The molecule has 1 rings (SSSR count). The van der Waals surface area contributed by atoms with E-state index >= 15 is 0 Å². The van der Waals surface area contributed by atoms with Gasteiger partial charge in [0.1, 0.15) is 6.10 Å². The average Bonchev–Trinajstić information content (AvgIpc) is 2.66. The van der Waals surface area contributed by atoms with Crippen LogP contribution in [0.25, 0.3) is 0 Å². The zero-order valence-electron chi connectivity index (χ0n) is 8.60. The maximum atomic E-state index is 11.1. The van der Waals surface area contributed by atoms with Crippen molar-refractivity contribution in [3.8, 4) is 0 Å². The normalized spacial score (nSPS) is 12.5. The zero-order valence-corrected chi connectivity index (χ0v) is 8.60. The predicted molar refractivity (Wildman–Crippen MR) is 56.7 cm³/mol. The molecule has 0 radical (unpaired) electrons. The number of aliphatic hydroxyl groups excluding tert-OH is 1. The third-order valence-electron chi connectivity index (χ3n) is 1.95. The largest absolute Gasteiger partial charge is 0.385 e. The third kappa shape index (κ3) is 3.05. The van der Waals surface area contributed by atoms with Crippen LogP contribution in [0.15, 0.2) is 18.3 Å². The molecule has 84 valence electrons. The van der Waals surface area contributed by atoms with Crippen molar-refractivity contribution in [3.05, 3.63) is 24.0 Å². The summed E-state index contributed by atoms with van der Waals surface area (Å²) in [6.45, 7) is 0.336. The summed E-state index contributed by atoms with van der Waals surface area (Å²) in [6.07, 6.45) is 0.991. The molecule has 1 heterocycles. The van der Waals surface area contributed by atoms with E-state index in [1.807, 2.05) is 0 Å². The van der Waals surface area contributed by atoms with Gasteiger partial charge in [0, 0.05) is 12.7 Å². The number of aromatic nitrogens is 1. The predicted octanol–water partition coefficient (Wildman–Crippen LogP) is -1.23. The maximum Gasteiger partial charge on any atom is 0.252 e. The van der Waals surface area contributed by atoms with Gasteiger partial charge in [0.25, 0.3) is 5.91 Å². The van der Waals surface area contributed by atoms with Crippen molar-refractivity contribution in [3.63, 3.8) is 0 Å². The molecule has 0 aliphatic carbocycles. The van der Waals surface area contributed by atoms with Gasteiger partial charge in [0.15, 0.2) is 0 Å². The summed E-state index contributed by atoms with van der Waals surface area (Å²) in [6, 6.07) is 3.48. The fourth-order valence-corrected chi connectivity index (χ4v) is 1.25. The highest BCUT2D eigenvalue weighted by molar-refractivity contribution is 5.85. The molecule has 5 N–H and O–H groups in total. The minimum absolute atomic E-state index is 0.0836. The molecule has 15 heavy (non-hydrogen) atoms. The number of carbonyl (C=O) groups excluding carboxylic acids is 1. The Hall–Kier alpha value is -1.37. The van der Waals surface area contributed by atoms with Gasteiger partial charge in [-0.15, -0.1) is 0 Å². The minimum atomic E-state index is -0.664. The SMILES string of the molecule is CNCC(O)c1cccn1NC(=O)CN. The van der Waals surface area contributed by atoms with E-state index in [-0.39, 0.29) is 12.5 Å². The lowest BCUT2D eigenvalue weighted by Crippen LogP contribution is -2.31. The fraction of sp³-hybridized carbons (Fsp3) is 0.444. The summed E-state index contributed by atoms with van der Waals surface area (Å²) in [7, 11) is 1.75. The lowest BCUT2D eigenvalue weighted by atomic mass is 10.2. The Balaban J connectivity index is 2.72. The molecule has 0 bridgehead atoms. The van der Waals surface area contributed by atoms with Crippen LogP contribution in [0.4, 0.5) is 0 Å². The smallest absolute Gasteiger partial charge is 0.252 e. The van der Waals surface area contributed by atoms with Crippen LogP contribution in [0, 0.1) is 0 Å². The van der Waals surface area contributed by atoms with Gasteiger partial charge in [-0.2, -0.15) is 0 Å². The highest BCUT2D eigenvalue weighted by Gasteiger charge is 2.11. The van der Waals surface area contributed by atoms with Gasteiger partial charge in [-0.1, -0.05) is 0 Å². The minimum Gasteiger partial charge on any atom is -0.385 e. The molecule has 0 aliphatic heterocycles. The Morgan fingerprint density at radius 3 is 3.07 bits per heavy atom. The molecule has 0 aliphatic rings. The molecular formula is C9H16N4O2. The van der Waals surface area contributed by atoms with Crippen molar-refractivity contribution in [2.75, 3.05) is 25.6 Å². The number of hydrogen-bond acceptors (Lipinski definition) is 4. The maximum absolute atomic E-state index is 11.1. The Kier molecular flexibility index (Phi) is 4.29. The van der Waals surface area contributed by atoms with Crippen LogP contribution in [-0.4, -0.2) is 35.8 Å². The number of aliphatic hydroxyl groups is 1. The standard InChI is InChI=1S/C9H16N4O2/c1-11-6-8(14)7-3-2-4-13(7)12-9(15)5-10/h2-4,8,11,14H,5-6,10H2,1H3,(H,12,15). The van der Waals surface area contributed by atoms with Gasteiger partial charge >= 0.3 is 0 Å². The van der Waals surface area contributed by atoms with E-state index in [0.717, 1.165) is 0 Å². The Morgan fingerprint density at radius 1 is 1.73 bits per heavy atom. The molecule has 0 aromatic carbocycles. The van der Waals surface area contributed by atoms with Crippen molar-refractivity contribution in [2.45, 2.75) is 6.10 Å². The highest BCUT2D eigenvalue weighted by Crippen LogP contribution is 2.11. The van der Waals surface area contributed by atoms with E-state index in [9.17, 15) is 9.90 Å². The summed E-state index contributed by atoms with van der Waals surface area (Å²) >= 11 is 0. The lowest BCUT2D eigenvalue weighted by Gasteiger charge is -2.14.